The zero-order chi connectivity index (χ0) is 11.4. The Labute approximate surface area is 97.0 Å². The number of thioether (sulfide) groups is 1. The monoisotopic (exact) mass is 243 g/mol. The van der Waals surface area contributed by atoms with Gasteiger partial charge >= 0.3 is 5.97 Å². The Balaban J connectivity index is 2.02. The highest BCUT2D eigenvalue weighted by Crippen LogP contribution is 2.24. The summed E-state index contributed by atoms with van der Waals surface area (Å²) in [6.45, 7) is 1.45. The maximum atomic E-state index is 10.5. The first-order chi connectivity index (χ1) is 7.77. The Kier molecular flexibility index (Phi) is 3.79. The van der Waals surface area contributed by atoms with E-state index < -0.39 is 5.97 Å². The minimum absolute atomic E-state index is 0.00622. The van der Waals surface area contributed by atoms with Crippen LogP contribution in [0.2, 0.25) is 0 Å². The predicted octanol–water partition coefficient (Wildman–Crippen LogP) is 0.806. The van der Waals surface area contributed by atoms with Crippen LogP contribution in [0.1, 0.15) is 18.9 Å². The quantitative estimate of drug-likeness (QED) is 0.788. The molecule has 16 heavy (non-hydrogen) atoms. The number of nitrogens with zero attached hydrogens (tertiary/aromatic N) is 3. The molecule has 0 aromatic carbocycles. The van der Waals surface area contributed by atoms with Crippen molar-refractivity contribution >= 4 is 17.7 Å². The lowest BCUT2D eigenvalue weighted by Gasteiger charge is -2.23. The third-order valence-corrected chi connectivity index (χ3v) is 3.34. The molecule has 0 saturated carbocycles. The van der Waals surface area contributed by atoms with Crippen molar-refractivity contribution in [2.45, 2.75) is 24.0 Å². The second-order valence-corrected chi connectivity index (χ2v) is 4.52. The molecule has 1 N–H and O–H groups in total. The summed E-state index contributed by atoms with van der Waals surface area (Å²) in [5, 5.41) is 17.0. The molecule has 1 aromatic heterocycles. The van der Waals surface area contributed by atoms with Gasteiger partial charge in [0.1, 0.15) is 6.33 Å². The first-order valence-electron chi connectivity index (χ1n) is 5.09. The molecule has 1 saturated heterocycles. The van der Waals surface area contributed by atoms with E-state index in [2.05, 4.69) is 10.2 Å². The van der Waals surface area contributed by atoms with Gasteiger partial charge in [0, 0.05) is 6.61 Å². The number of carboxylic acid groups (broad SMARTS) is 1. The molecule has 1 aliphatic heterocycles. The zero-order valence-corrected chi connectivity index (χ0v) is 9.52. The summed E-state index contributed by atoms with van der Waals surface area (Å²) >= 11 is 1.19. The fourth-order valence-electron chi connectivity index (χ4n) is 1.66. The van der Waals surface area contributed by atoms with Gasteiger partial charge in [0.15, 0.2) is 5.16 Å². The minimum Gasteiger partial charge on any atom is -0.481 e. The van der Waals surface area contributed by atoms with Gasteiger partial charge in [-0.15, -0.1) is 10.2 Å². The summed E-state index contributed by atoms with van der Waals surface area (Å²) in [6, 6.07) is 0.236. The largest absolute Gasteiger partial charge is 0.481 e. The molecule has 0 amide bonds. The van der Waals surface area contributed by atoms with Gasteiger partial charge in [0.05, 0.1) is 18.4 Å². The highest BCUT2D eigenvalue weighted by molar-refractivity contribution is 7.99. The summed E-state index contributed by atoms with van der Waals surface area (Å²) in [7, 11) is 0. The lowest BCUT2D eigenvalue weighted by molar-refractivity contribution is -0.133. The molecule has 1 unspecified atom stereocenters. The van der Waals surface area contributed by atoms with Gasteiger partial charge < -0.3 is 14.4 Å². The zero-order valence-electron chi connectivity index (χ0n) is 8.70. The molecule has 0 aliphatic carbocycles. The van der Waals surface area contributed by atoms with E-state index in [9.17, 15) is 4.79 Å². The van der Waals surface area contributed by atoms with Crippen molar-refractivity contribution < 1.29 is 14.6 Å². The van der Waals surface area contributed by atoms with E-state index in [0.717, 1.165) is 19.4 Å². The molecule has 0 radical (unpaired) electrons. The van der Waals surface area contributed by atoms with Crippen LogP contribution in [0.25, 0.3) is 0 Å². The summed E-state index contributed by atoms with van der Waals surface area (Å²) < 4.78 is 7.29. The van der Waals surface area contributed by atoms with Crippen LogP contribution in [0.15, 0.2) is 11.5 Å². The molecule has 1 aliphatic rings. The maximum absolute atomic E-state index is 10.5. The maximum Gasteiger partial charge on any atom is 0.313 e. The average Bonchev–Trinajstić information content (AvgIpc) is 2.75. The molecule has 2 rings (SSSR count). The standard InChI is InChI=1S/C9H13N3O3S/c13-8(14)5-16-9-11-10-6-12(9)7-2-1-3-15-4-7/h6-7H,1-5H2,(H,13,14). The number of aliphatic carboxylic acids is 1. The molecular formula is C9H13N3O3S. The third kappa shape index (κ3) is 2.73. The number of carbonyl (C=O) groups is 1. The van der Waals surface area contributed by atoms with E-state index >= 15 is 0 Å². The lowest BCUT2D eigenvalue weighted by atomic mass is 10.1. The van der Waals surface area contributed by atoms with Gasteiger partial charge in [-0.25, -0.2) is 0 Å². The van der Waals surface area contributed by atoms with Crippen molar-refractivity contribution in [3.63, 3.8) is 0 Å². The summed E-state index contributed by atoms with van der Waals surface area (Å²) in [5.74, 6) is -0.842. The molecule has 6 nitrogen and oxygen atoms in total. The van der Waals surface area contributed by atoms with Crippen LogP contribution >= 0.6 is 11.8 Å². The number of aromatic nitrogens is 3. The smallest absolute Gasteiger partial charge is 0.313 e. The number of hydrogen-bond donors (Lipinski definition) is 1. The second kappa shape index (κ2) is 5.31. The van der Waals surface area contributed by atoms with Crippen LogP contribution in [-0.2, 0) is 9.53 Å². The van der Waals surface area contributed by atoms with Crippen molar-refractivity contribution in [1.82, 2.24) is 14.8 Å². The topological polar surface area (TPSA) is 77.2 Å². The fourth-order valence-corrected chi connectivity index (χ4v) is 2.36. The molecule has 88 valence electrons. The van der Waals surface area contributed by atoms with Gasteiger partial charge in [0.2, 0.25) is 0 Å². The van der Waals surface area contributed by atoms with Crippen molar-refractivity contribution in [2.24, 2.45) is 0 Å². The Morgan fingerprint density at radius 2 is 2.62 bits per heavy atom. The highest BCUT2D eigenvalue weighted by Gasteiger charge is 2.19. The molecule has 7 heteroatoms. The molecule has 1 aromatic rings. The van der Waals surface area contributed by atoms with Crippen LogP contribution in [-0.4, -0.2) is 44.8 Å². The van der Waals surface area contributed by atoms with E-state index in [4.69, 9.17) is 9.84 Å². The van der Waals surface area contributed by atoms with E-state index in [-0.39, 0.29) is 11.8 Å². The molecule has 0 bridgehead atoms. The number of carboxylic acids is 1. The van der Waals surface area contributed by atoms with Crippen LogP contribution in [0.3, 0.4) is 0 Å². The van der Waals surface area contributed by atoms with Crippen molar-refractivity contribution in [3.8, 4) is 0 Å². The lowest BCUT2D eigenvalue weighted by Crippen LogP contribution is -2.21. The SMILES string of the molecule is O=C(O)CSc1nncn1C1CCCOC1. The summed E-state index contributed by atoms with van der Waals surface area (Å²) in [5.41, 5.74) is 0. The first-order valence-corrected chi connectivity index (χ1v) is 6.08. The predicted molar refractivity (Wildman–Crippen MR) is 57.5 cm³/mol. The molecule has 1 fully saturated rings. The van der Waals surface area contributed by atoms with E-state index in [0.29, 0.717) is 11.8 Å². The van der Waals surface area contributed by atoms with Crippen LogP contribution in [0.5, 0.6) is 0 Å². The second-order valence-electron chi connectivity index (χ2n) is 3.57. The van der Waals surface area contributed by atoms with E-state index in [1.807, 2.05) is 4.57 Å². The van der Waals surface area contributed by atoms with Gasteiger partial charge in [0.25, 0.3) is 0 Å². The molecule has 0 spiro atoms. The first kappa shape index (κ1) is 11.4. The molecule has 2 heterocycles. The van der Waals surface area contributed by atoms with Crippen LogP contribution in [0, 0.1) is 0 Å². The Bertz CT molecular complexity index is 363. The van der Waals surface area contributed by atoms with Gasteiger partial charge in [-0.05, 0) is 12.8 Å². The Hall–Kier alpha value is -1.08. The van der Waals surface area contributed by atoms with Crippen molar-refractivity contribution in [3.05, 3.63) is 6.33 Å². The van der Waals surface area contributed by atoms with Crippen molar-refractivity contribution in [1.29, 1.82) is 0 Å². The number of rotatable bonds is 4. The fraction of sp³-hybridized carbons (Fsp3) is 0.667. The van der Waals surface area contributed by atoms with Gasteiger partial charge in [-0.1, -0.05) is 11.8 Å². The summed E-state index contributed by atoms with van der Waals surface area (Å²) in [4.78, 5) is 10.5. The number of hydrogen-bond acceptors (Lipinski definition) is 5. The number of ether oxygens (including phenoxy) is 1. The Morgan fingerprint density at radius 3 is 3.31 bits per heavy atom. The van der Waals surface area contributed by atoms with Gasteiger partial charge in [-0.2, -0.15) is 0 Å². The minimum atomic E-state index is -0.848. The highest BCUT2D eigenvalue weighted by atomic mass is 32.2. The molecule has 1 atom stereocenters. The summed E-state index contributed by atoms with van der Waals surface area (Å²) in [6.07, 6.45) is 3.69. The Morgan fingerprint density at radius 1 is 1.75 bits per heavy atom. The normalized spacial score (nSPS) is 20.9. The van der Waals surface area contributed by atoms with Gasteiger partial charge in [-0.3, -0.25) is 4.79 Å². The van der Waals surface area contributed by atoms with E-state index in [1.54, 1.807) is 6.33 Å². The van der Waals surface area contributed by atoms with E-state index in [1.165, 1.54) is 11.8 Å². The molecular weight excluding hydrogens is 230 g/mol. The van der Waals surface area contributed by atoms with Crippen LogP contribution in [0.4, 0.5) is 0 Å². The third-order valence-electron chi connectivity index (χ3n) is 2.39. The van der Waals surface area contributed by atoms with Crippen molar-refractivity contribution in [2.75, 3.05) is 19.0 Å². The average molecular weight is 243 g/mol. The van der Waals surface area contributed by atoms with Crippen LogP contribution < -0.4 is 0 Å².